The van der Waals surface area contributed by atoms with Crippen molar-refractivity contribution in [1.29, 1.82) is 0 Å². The van der Waals surface area contributed by atoms with Gasteiger partial charge in [-0.05, 0) is 36.1 Å². The smallest absolute Gasteiger partial charge is 0.255 e. The molecule has 3 amide bonds. The first-order valence-corrected chi connectivity index (χ1v) is 11.4. The van der Waals surface area contributed by atoms with E-state index in [1.165, 1.54) is 5.56 Å². The maximum absolute atomic E-state index is 13.3. The Bertz CT molecular complexity index is 1040. The van der Waals surface area contributed by atoms with Crippen LogP contribution >= 0.6 is 0 Å². The van der Waals surface area contributed by atoms with E-state index in [0.29, 0.717) is 31.0 Å². The second kappa shape index (κ2) is 8.84. The minimum absolute atomic E-state index is 0.117. The number of nitrogens with zero attached hydrogens (tertiary/aromatic N) is 1. The fraction of sp³-hybridized carbons (Fsp3) is 0.400. The number of amides is 3. The SMILES string of the molecule is O=C1CCC(N2Cc3cccc(CN[C@@H]4CNCC[C@@H]4c4ccccc4)c3C2=O)C(=O)N1. The number of carbonyl (C=O) groups is 3. The second-order valence-electron chi connectivity index (χ2n) is 8.85. The van der Waals surface area contributed by atoms with Crippen molar-refractivity contribution < 1.29 is 14.4 Å². The van der Waals surface area contributed by atoms with Gasteiger partial charge in [0.15, 0.2) is 0 Å². The first-order chi connectivity index (χ1) is 15.6. The van der Waals surface area contributed by atoms with Crippen LogP contribution in [-0.2, 0) is 22.7 Å². The van der Waals surface area contributed by atoms with E-state index >= 15 is 0 Å². The van der Waals surface area contributed by atoms with Crippen LogP contribution in [0.15, 0.2) is 48.5 Å². The van der Waals surface area contributed by atoms with Gasteiger partial charge in [0.05, 0.1) is 0 Å². The first-order valence-electron chi connectivity index (χ1n) is 11.4. The zero-order chi connectivity index (χ0) is 22.1. The lowest BCUT2D eigenvalue weighted by Gasteiger charge is -2.33. The zero-order valence-electron chi connectivity index (χ0n) is 18.0. The summed E-state index contributed by atoms with van der Waals surface area (Å²) in [5.74, 6) is -0.339. The number of fused-ring (bicyclic) bond motifs is 1. The van der Waals surface area contributed by atoms with Crippen LogP contribution in [0.1, 0.15) is 52.2 Å². The quantitative estimate of drug-likeness (QED) is 0.626. The number of benzene rings is 2. The van der Waals surface area contributed by atoms with Crippen molar-refractivity contribution >= 4 is 17.7 Å². The lowest BCUT2D eigenvalue weighted by atomic mass is 9.86. The standard InChI is InChI=1S/C25H28N4O3/c30-22-10-9-21(24(31)28-22)29-15-18-8-4-7-17(23(18)25(29)32)13-27-20-14-26-12-11-19(20)16-5-2-1-3-6-16/h1-8,19-21,26-27H,9-15H2,(H,28,30,31)/t19-,20-,21?/m1/s1. The summed E-state index contributed by atoms with van der Waals surface area (Å²) in [6.07, 6.45) is 1.71. The minimum atomic E-state index is -0.585. The molecule has 2 aromatic rings. The molecule has 32 heavy (non-hydrogen) atoms. The summed E-state index contributed by atoms with van der Waals surface area (Å²) in [5, 5.41) is 9.54. The molecular formula is C25H28N4O3. The summed E-state index contributed by atoms with van der Waals surface area (Å²) in [4.78, 5) is 38.8. The van der Waals surface area contributed by atoms with Gasteiger partial charge in [-0.2, -0.15) is 0 Å². The van der Waals surface area contributed by atoms with Crippen LogP contribution in [0.2, 0.25) is 0 Å². The molecule has 2 saturated heterocycles. The van der Waals surface area contributed by atoms with Gasteiger partial charge >= 0.3 is 0 Å². The highest BCUT2D eigenvalue weighted by Crippen LogP contribution is 2.31. The molecule has 166 valence electrons. The molecule has 3 heterocycles. The van der Waals surface area contributed by atoms with Crippen molar-refractivity contribution in [1.82, 2.24) is 20.9 Å². The fourth-order valence-electron chi connectivity index (χ4n) is 5.25. The third-order valence-electron chi connectivity index (χ3n) is 6.90. The Labute approximate surface area is 187 Å². The van der Waals surface area contributed by atoms with Gasteiger partial charge in [0.1, 0.15) is 6.04 Å². The summed E-state index contributed by atoms with van der Waals surface area (Å²) >= 11 is 0. The molecule has 0 aromatic heterocycles. The normalized spacial score (nSPS) is 25.6. The molecule has 0 aliphatic carbocycles. The molecule has 2 aromatic carbocycles. The largest absolute Gasteiger partial charge is 0.322 e. The van der Waals surface area contributed by atoms with E-state index in [1.54, 1.807) is 4.90 Å². The number of hydrogen-bond donors (Lipinski definition) is 3. The number of carbonyl (C=O) groups excluding carboxylic acids is 3. The summed E-state index contributed by atoms with van der Waals surface area (Å²) in [6, 6.07) is 16.2. The van der Waals surface area contributed by atoms with Gasteiger partial charge < -0.3 is 15.5 Å². The van der Waals surface area contributed by atoms with Crippen molar-refractivity contribution in [2.75, 3.05) is 13.1 Å². The lowest BCUT2D eigenvalue weighted by molar-refractivity contribution is -0.136. The number of piperidine rings is 2. The molecule has 0 radical (unpaired) electrons. The van der Waals surface area contributed by atoms with Crippen molar-refractivity contribution in [3.05, 3.63) is 70.8 Å². The molecule has 3 aliphatic heterocycles. The highest BCUT2D eigenvalue weighted by Gasteiger charge is 2.40. The molecule has 3 N–H and O–H groups in total. The van der Waals surface area contributed by atoms with Crippen LogP contribution in [0, 0.1) is 0 Å². The van der Waals surface area contributed by atoms with Crippen LogP contribution in [0.3, 0.4) is 0 Å². The highest BCUT2D eigenvalue weighted by molar-refractivity contribution is 6.06. The van der Waals surface area contributed by atoms with E-state index in [0.717, 1.165) is 30.6 Å². The third kappa shape index (κ3) is 3.94. The Morgan fingerprint density at radius 2 is 1.84 bits per heavy atom. The van der Waals surface area contributed by atoms with E-state index in [-0.39, 0.29) is 30.2 Å². The van der Waals surface area contributed by atoms with E-state index in [9.17, 15) is 14.4 Å². The summed E-state index contributed by atoms with van der Waals surface area (Å²) in [7, 11) is 0. The topological polar surface area (TPSA) is 90.5 Å². The van der Waals surface area contributed by atoms with Crippen LogP contribution < -0.4 is 16.0 Å². The zero-order valence-corrected chi connectivity index (χ0v) is 18.0. The Hall–Kier alpha value is -3.03. The van der Waals surface area contributed by atoms with Crippen molar-refractivity contribution in [3.63, 3.8) is 0 Å². The number of rotatable bonds is 5. The van der Waals surface area contributed by atoms with Crippen LogP contribution in [0.25, 0.3) is 0 Å². The maximum atomic E-state index is 13.3. The van der Waals surface area contributed by atoms with Gasteiger partial charge in [0.25, 0.3) is 5.91 Å². The van der Waals surface area contributed by atoms with Gasteiger partial charge in [-0.15, -0.1) is 0 Å². The van der Waals surface area contributed by atoms with Gasteiger partial charge in [0, 0.05) is 43.6 Å². The fourth-order valence-corrected chi connectivity index (χ4v) is 5.25. The van der Waals surface area contributed by atoms with Gasteiger partial charge in [-0.1, -0.05) is 48.5 Å². The van der Waals surface area contributed by atoms with E-state index in [4.69, 9.17) is 0 Å². The van der Waals surface area contributed by atoms with Crippen LogP contribution in [0.4, 0.5) is 0 Å². The predicted octanol–water partition coefficient (Wildman–Crippen LogP) is 1.68. The van der Waals surface area contributed by atoms with E-state index in [2.05, 4.69) is 40.2 Å². The lowest BCUT2D eigenvalue weighted by Crippen LogP contribution is -2.52. The maximum Gasteiger partial charge on any atom is 0.255 e. The van der Waals surface area contributed by atoms with Crippen molar-refractivity contribution in [2.45, 2.75) is 50.4 Å². The Kier molecular flexibility index (Phi) is 5.76. The monoisotopic (exact) mass is 432 g/mol. The molecule has 3 aliphatic rings. The van der Waals surface area contributed by atoms with E-state index < -0.39 is 6.04 Å². The molecular weight excluding hydrogens is 404 g/mol. The number of nitrogens with one attached hydrogen (secondary N) is 3. The molecule has 0 spiro atoms. The predicted molar refractivity (Wildman–Crippen MR) is 120 cm³/mol. The molecule has 3 atom stereocenters. The van der Waals surface area contributed by atoms with Crippen LogP contribution in [-0.4, -0.2) is 47.8 Å². The molecule has 0 saturated carbocycles. The Morgan fingerprint density at radius 3 is 2.66 bits per heavy atom. The molecule has 0 bridgehead atoms. The minimum Gasteiger partial charge on any atom is -0.322 e. The van der Waals surface area contributed by atoms with Crippen LogP contribution in [0.5, 0.6) is 0 Å². The third-order valence-corrected chi connectivity index (χ3v) is 6.90. The molecule has 5 rings (SSSR count). The second-order valence-corrected chi connectivity index (χ2v) is 8.85. The average Bonchev–Trinajstić information content (AvgIpc) is 3.15. The molecule has 2 fully saturated rings. The summed E-state index contributed by atoms with van der Waals surface area (Å²) in [5.41, 5.74) is 3.94. The molecule has 7 nitrogen and oxygen atoms in total. The summed E-state index contributed by atoms with van der Waals surface area (Å²) < 4.78 is 0. The van der Waals surface area contributed by atoms with E-state index in [1.807, 2.05) is 24.3 Å². The van der Waals surface area contributed by atoms with Gasteiger partial charge in [-0.25, -0.2) is 0 Å². The van der Waals surface area contributed by atoms with Gasteiger partial charge in [0.2, 0.25) is 11.8 Å². The Morgan fingerprint density at radius 1 is 1.00 bits per heavy atom. The van der Waals surface area contributed by atoms with Gasteiger partial charge in [-0.3, -0.25) is 19.7 Å². The van der Waals surface area contributed by atoms with Crippen molar-refractivity contribution in [3.8, 4) is 0 Å². The number of hydrogen-bond acceptors (Lipinski definition) is 5. The molecule has 1 unspecified atom stereocenters. The summed E-state index contributed by atoms with van der Waals surface area (Å²) in [6.45, 7) is 2.88. The van der Waals surface area contributed by atoms with Crippen molar-refractivity contribution in [2.24, 2.45) is 0 Å². The average molecular weight is 433 g/mol. The molecule has 7 heteroatoms. The number of imide groups is 1. The Balaban J connectivity index is 1.32. The first kappa shape index (κ1) is 20.8. The highest BCUT2D eigenvalue weighted by atomic mass is 16.2.